The maximum absolute atomic E-state index is 11.6. The summed E-state index contributed by atoms with van der Waals surface area (Å²) in [5, 5.41) is 16.8. The molecule has 0 saturated carbocycles. The number of benzene rings is 2. The number of anilines is 2. The summed E-state index contributed by atoms with van der Waals surface area (Å²) in [6, 6.07) is 13.7. The van der Waals surface area contributed by atoms with Gasteiger partial charge in [0, 0.05) is 46.4 Å². The average Bonchev–Trinajstić information content (AvgIpc) is 2.97. The van der Waals surface area contributed by atoms with Crippen LogP contribution in [0.5, 0.6) is 11.6 Å². The zero-order chi connectivity index (χ0) is 28.5. The number of likely N-dealkylation sites (tertiary alicyclic amines) is 2. The number of pyridine rings is 2. The predicted octanol–water partition coefficient (Wildman–Crippen LogP) is 7.36. The van der Waals surface area contributed by atoms with Gasteiger partial charge in [0.1, 0.15) is 11.3 Å². The van der Waals surface area contributed by atoms with E-state index in [2.05, 4.69) is 41.1 Å². The fourth-order valence-corrected chi connectivity index (χ4v) is 6.32. The molecule has 2 aliphatic heterocycles. The number of nitrogens with zero attached hydrogens (tertiary/aromatic N) is 4. The molecule has 7 nitrogen and oxygen atoms in total. The first-order valence-corrected chi connectivity index (χ1v) is 15.2. The third-order valence-corrected chi connectivity index (χ3v) is 9.08. The molecule has 4 heterocycles. The fraction of sp³-hybridized carbons (Fsp3) is 0.455. The number of aromatic nitrogens is 2. The molecule has 216 valence electrons. The minimum Gasteiger partial charge on any atom is -0.507 e. The Kier molecular flexibility index (Phi) is 8.20. The van der Waals surface area contributed by atoms with E-state index in [0.717, 1.165) is 95.5 Å². The van der Waals surface area contributed by atoms with Gasteiger partial charge in [-0.25, -0.2) is 9.97 Å². The van der Waals surface area contributed by atoms with E-state index in [1.807, 2.05) is 30.3 Å². The third kappa shape index (κ3) is 6.22. The predicted molar refractivity (Wildman–Crippen MR) is 167 cm³/mol. The highest BCUT2D eigenvalue weighted by Gasteiger charge is 2.22. The Bertz CT molecular complexity index is 1500. The van der Waals surface area contributed by atoms with E-state index < -0.39 is 0 Å². The number of piperidine rings is 2. The Labute approximate surface area is 247 Å². The van der Waals surface area contributed by atoms with Crippen LogP contribution in [0, 0.1) is 11.8 Å². The molecule has 2 N–H and O–H groups in total. The number of ether oxygens (including phenoxy) is 1. The van der Waals surface area contributed by atoms with Crippen molar-refractivity contribution in [3.8, 4) is 11.6 Å². The average molecular weight is 574 g/mol. The van der Waals surface area contributed by atoms with Crippen LogP contribution in [0.4, 0.5) is 11.4 Å². The van der Waals surface area contributed by atoms with Crippen LogP contribution in [-0.2, 0) is 13.1 Å². The number of phenols is 1. The summed E-state index contributed by atoms with van der Waals surface area (Å²) < 4.78 is 5.46. The number of hydrogen-bond donors (Lipinski definition) is 2. The van der Waals surface area contributed by atoms with Crippen LogP contribution in [0.2, 0.25) is 5.02 Å². The summed E-state index contributed by atoms with van der Waals surface area (Å²) in [6.07, 6.45) is 4.79. The van der Waals surface area contributed by atoms with Crippen molar-refractivity contribution in [2.45, 2.75) is 52.6 Å². The molecule has 2 aliphatic rings. The number of nitrogens with one attached hydrogen (secondary N) is 1. The maximum atomic E-state index is 11.6. The molecule has 6 rings (SSSR count). The number of phenolic OH excluding ortho intramolecular Hbond substituents is 1. The van der Waals surface area contributed by atoms with Gasteiger partial charge in [-0.1, -0.05) is 25.4 Å². The van der Waals surface area contributed by atoms with Crippen molar-refractivity contribution < 1.29 is 9.84 Å². The summed E-state index contributed by atoms with van der Waals surface area (Å²) in [5.74, 6) is 2.47. The summed E-state index contributed by atoms with van der Waals surface area (Å²) in [4.78, 5) is 14.6. The largest absolute Gasteiger partial charge is 0.507 e. The lowest BCUT2D eigenvalue weighted by Gasteiger charge is -2.32. The van der Waals surface area contributed by atoms with Gasteiger partial charge in [0.2, 0.25) is 5.88 Å². The van der Waals surface area contributed by atoms with Gasteiger partial charge in [0.15, 0.2) is 0 Å². The van der Waals surface area contributed by atoms with Gasteiger partial charge in [0.05, 0.1) is 23.8 Å². The summed E-state index contributed by atoms with van der Waals surface area (Å²) in [6.45, 7) is 10.4. The van der Waals surface area contributed by atoms with Crippen LogP contribution >= 0.6 is 11.6 Å². The van der Waals surface area contributed by atoms with Crippen LogP contribution in [0.25, 0.3) is 21.9 Å². The number of fused-ring (bicyclic) bond motifs is 2. The first-order chi connectivity index (χ1) is 19.9. The minimum absolute atomic E-state index is 0.420. The smallest absolute Gasteiger partial charge is 0.213 e. The van der Waals surface area contributed by atoms with Gasteiger partial charge in [0.25, 0.3) is 0 Å². The van der Waals surface area contributed by atoms with Gasteiger partial charge in [-0.3, -0.25) is 9.80 Å². The van der Waals surface area contributed by atoms with E-state index in [1.54, 1.807) is 7.11 Å². The van der Waals surface area contributed by atoms with E-state index in [4.69, 9.17) is 26.3 Å². The van der Waals surface area contributed by atoms with Crippen molar-refractivity contribution in [3.63, 3.8) is 0 Å². The van der Waals surface area contributed by atoms with Gasteiger partial charge >= 0.3 is 0 Å². The van der Waals surface area contributed by atoms with Gasteiger partial charge in [-0.2, -0.15) is 0 Å². The number of methoxy groups -OCH3 is 1. The SMILES string of the molecule is COc1ccc2nc3cc(Cl)ccc3c(Nc3cc(CN4CCC(C)CC4)c(O)c(CN4CCC(C)CC4)c3)c2n1. The molecule has 41 heavy (non-hydrogen) atoms. The Morgan fingerprint density at radius 3 is 2.05 bits per heavy atom. The number of halogens is 1. The van der Waals surface area contributed by atoms with Crippen LogP contribution in [-0.4, -0.2) is 58.2 Å². The third-order valence-electron chi connectivity index (χ3n) is 8.84. The molecule has 0 amide bonds. The quantitative estimate of drug-likeness (QED) is 0.177. The van der Waals surface area contributed by atoms with Crippen molar-refractivity contribution in [2.24, 2.45) is 11.8 Å². The van der Waals surface area contributed by atoms with E-state index in [9.17, 15) is 5.11 Å². The molecular formula is C33H40ClN5O2. The lowest BCUT2D eigenvalue weighted by Crippen LogP contribution is -2.33. The van der Waals surface area contributed by atoms with Gasteiger partial charge in [-0.15, -0.1) is 0 Å². The summed E-state index contributed by atoms with van der Waals surface area (Å²) in [7, 11) is 1.62. The highest BCUT2D eigenvalue weighted by atomic mass is 35.5. The standard InChI is InChI=1S/C33H40ClN5O2/c1-21-8-12-38(13-9-21)19-23-16-26(17-24(33(23)40)20-39-14-10-22(2)11-15-39)35-31-27-5-4-25(34)18-29(27)36-28-6-7-30(41-3)37-32(28)31/h4-7,16-18,21-22,40H,8-15,19-20H2,1-3H3,(H,35,36). The second-order valence-electron chi connectivity index (χ2n) is 12.1. The molecule has 0 atom stereocenters. The molecule has 8 heteroatoms. The van der Waals surface area contributed by atoms with E-state index in [-0.39, 0.29) is 0 Å². The molecule has 0 bridgehead atoms. The Balaban J connectivity index is 1.42. The van der Waals surface area contributed by atoms with Gasteiger partial charge in [-0.05, 0) is 100 Å². The first-order valence-electron chi connectivity index (χ1n) is 14.9. The monoisotopic (exact) mass is 573 g/mol. The summed E-state index contributed by atoms with van der Waals surface area (Å²) >= 11 is 6.36. The molecule has 2 fully saturated rings. The zero-order valence-corrected chi connectivity index (χ0v) is 25.0. The molecule has 0 aliphatic carbocycles. The lowest BCUT2D eigenvalue weighted by atomic mass is 9.97. The number of rotatable bonds is 7. The van der Waals surface area contributed by atoms with Crippen LogP contribution in [0.15, 0.2) is 42.5 Å². The topological polar surface area (TPSA) is 73.8 Å². The molecule has 2 aromatic heterocycles. The Hall–Kier alpha value is -3.13. The van der Waals surface area contributed by atoms with Crippen molar-refractivity contribution in [1.29, 1.82) is 0 Å². The van der Waals surface area contributed by atoms with Crippen molar-refractivity contribution in [2.75, 3.05) is 38.6 Å². The lowest BCUT2D eigenvalue weighted by molar-refractivity contribution is 0.179. The second-order valence-corrected chi connectivity index (χ2v) is 12.5. The van der Waals surface area contributed by atoms with E-state index in [0.29, 0.717) is 16.7 Å². The molecule has 0 unspecified atom stereocenters. The molecule has 0 radical (unpaired) electrons. The molecule has 4 aromatic rings. The van der Waals surface area contributed by atoms with Crippen molar-refractivity contribution in [3.05, 3.63) is 58.6 Å². The Morgan fingerprint density at radius 2 is 1.46 bits per heavy atom. The van der Waals surface area contributed by atoms with Crippen LogP contribution in [0.1, 0.15) is 50.7 Å². The summed E-state index contributed by atoms with van der Waals surface area (Å²) in [5.41, 5.74) is 5.97. The highest BCUT2D eigenvalue weighted by molar-refractivity contribution is 6.31. The highest BCUT2D eigenvalue weighted by Crippen LogP contribution is 2.37. The first kappa shape index (κ1) is 28.0. The van der Waals surface area contributed by atoms with E-state index >= 15 is 0 Å². The number of hydrogen-bond acceptors (Lipinski definition) is 7. The van der Waals surface area contributed by atoms with E-state index in [1.165, 1.54) is 25.7 Å². The normalized spacial score (nSPS) is 17.9. The number of aromatic hydroxyl groups is 1. The molecule has 0 spiro atoms. The minimum atomic E-state index is 0.420. The van der Waals surface area contributed by atoms with Crippen molar-refractivity contribution >= 4 is 44.9 Å². The Morgan fingerprint density at radius 1 is 0.854 bits per heavy atom. The van der Waals surface area contributed by atoms with Crippen LogP contribution < -0.4 is 10.1 Å². The molecular weight excluding hydrogens is 534 g/mol. The zero-order valence-electron chi connectivity index (χ0n) is 24.3. The fourth-order valence-electron chi connectivity index (χ4n) is 6.15. The van der Waals surface area contributed by atoms with Gasteiger partial charge < -0.3 is 15.2 Å². The molecule has 2 saturated heterocycles. The second kappa shape index (κ2) is 12.0. The van der Waals surface area contributed by atoms with Crippen molar-refractivity contribution in [1.82, 2.24) is 19.8 Å². The maximum Gasteiger partial charge on any atom is 0.213 e. The van der Waals surface area contributed by atoms with Crippen LogP contribution in [0.3, 0.4) is 0 Å². The molecule has 2 aromatic carbocycles.